The monoisotopic (exact) mass is 514 g/mol. The zero-order valence-corrected chi connectivity index (χ0v) is 18.0. The van der Waals surface area contributed by atoms with Crippen LogP contribution in [0, 0.1) is 0 Å². The normalized spacial score (nSPS) is 13.2. The first-order valence-corrected chi connectivity index (χ1v) is 8.71. The van der Waals surface area contributed by atoms with Crippen molar-refractivity contribution in [3.63, 3.8) is 0 Å². The number of nitrogens with two attached hydrogens (primary N) is 1. The van der Waals surface area contributed by atoms with Gasteiger partial charge in [-0.2, -0.15) is 0 Å². The molecule has 1 aromatic carbocycles. The number of rotatable bonds is 7. The molecule has 0 saturated carbocycles. The van der Waals surface area contributed by atoms with Crippen LogP contribution in [0.5, 0.6) is 5.75 Å². The summed E-state index contributed by atoms with van der Waals surface area (Å²) in [6, 6.07) is 9.78. The van der Waals surface area contributed by atoms with Crippen molar-refractivity contribution in [3.8, 4) is 5.75 Å². The molecule has 1 heterocycles. The molecular weight excluding hydrogens is 492 g/mol. The van der Waals surface area contributed by atoms with Gasteiger partial charge in [-0.15, -0.1) is 48.5 Å². The highest BCUT2D eigenvalue weighted by molar-refractivity contribution is 14.0. The first kappa shape index (κ1) is 23.5. The minimum absolute atomic E-state index is 0. The molecule has 0 fully saturated rings. The lowest BCUT2D eigenvalue weighted by atomic mass is 10.2. The maximum atomic E-state index is 12.1. The number of halogens is 4. The molecule has 5 nitrogen and oxygen atoms in total. The zero-order chi connectivity index (χ0) is 19.2. The summed E-state index contributed by atoms with van der Waals surface area (Å²) in [4.78, 5) is 7.52. The Kier molecular flexibility index (Phi) is 9.33. The molecule has 0 aliphatic heterocycles. The number of alkyl halides is 3. The van der Waals surface area contributed by atoms with Gasteiger partial charge in [0, 0.05) is 11.4 Å². The highest BCUT2D eigenvalue weighted by Gasteiger charge is 2.30. The average molecular weight is 514 g/mol. The van der Waals surface area contributed by atoms with E-state index in [4.69, 9.17) is 5.73 Å². The van der Waals surface area contributed by atoms with E-state index >= 15 is 0 Å². The SMILES string of the molecule is CN(C)C(CNC(N)=NCc1ccc(OC(F)(F)F)cc1)c1cccs1.I. The van der Waals surface area contributed by atoms with Crippen LogP contribution in [0.3, 0.4) is 0 Å². The molecule has 2 aromatic rings. The number of hydrogen-bond donors (Lipinski definition) is 2. The smallest absolute Gasteiger partial charge is 0.406 e. The molecule has 0 aliphatic carbocycles. The Labute approximate surface area is 177 Å². The number of hydrogen-bond acceptors (Lipinski definition) is 4. The first-order valence-electron chi connectivity index (χ1n) is 7.83. The second kappa shape index (κ2) is 10.7. The van der Waals surface area contributed by atoms with Gasteiger partial charge in [-0.1, -0.05) is 18.2 Å². The Morgan fingerprint density at radius 3 is 2.44 bits per heavy atom. The van der Waals surface area contributed by atoms with Crippen molar-refractivity contribution in [3.05, 3.63) is 52.2 Å². The molecule has 2 rings (SSSR count). The van der Waals surface area contributed by atoms with Gasteiger partial charge in [0.05, 0.1) is 12.6 Å². The summed E-state index contributed by atoms with van der Waals surface area (Å²) in [5.41, 5.74) is 6.62. The summed E-state index contributed by atoms with van der Waals surface area (Å²) in [6.07, 6.45) is -4.69. The number of thiophene rings is 1. The van der Waals surface area contributed by atoms with Crippen LogP contribution in [0.2, 0.25) is 0 Å². The van der Waals surface area contributed by atoms with Crippen LogP contribution < -0.4 is 15.8 Å². The summed E-state index contributed by atoms with van der Waals surface area (Å²) < 4.78 is 40.2. The van der Waals surface area contributed by atoms with Gasteiger partial charge >= 0.3 is 6.36 Å². The lowest BCUT2D eigenvalue weighted by molar-refractivity contribution is -0.274. The Balaban J connectivity index is 0.00000364. The van der Waals surface area contributed by atoms with E-state index in [2.05, 4.69) is 26.0 Å². The third kappa shape index (κ3) is 8.35. The Morgan fingerprint density at radius 2 is 1.93 bits per heavy atom. The molecule has 0 bridgehead atoms. The number of aliphatic imine (C=N–C) groups is 1. The Bertz CT molecular complexity index is 706. The van der Waals surface area contributed by atoms with Gasteiger partial charge in [0.25, 0.3) is 0 Å². The molecule has 3 N–H and O–H groups in total. The summed E-state index contributed by atoms with van der Waals surface area (Å²) in [7, 11) is 3.98. The van der Waals surface area contributed by atoms with Gasteiger partial charge in [-0.25, -0.2) is 4.99 Å². The summed E-state index contributed by atoms with van der Waals surface area (Å²) in [5.74, 6) is 0.0186. The summed E-state index contributed by atoms with van der Waals surface area (Å²) in [6.45, 7) is 0.859. The molecule has 27 heavy (non-hydrogen) atoms. The number of nitrogens with zero attached hydrogens (tertiary/aromatic N) is 2. The number of guanidine groups is 1. The molecular formula is C17H22F3IN4OS. The third-order valence-corrected chi connectivity index (χ3v) is 4.53. The number of ether oxygens (including phenoxy) is 1. The van der Waals surface area contributed by atoms with Crippen molar-refractivity contribution in [2.24, 2.45) is 10.7 Å². The molecule has 0 aliphatic rings. The van der Waals surface area contributed by atoms with Crippen LogP contribution in [0.1, 0.15) is 16.5 Å². The highest BCUT2D eigenvalue weighted by atomic mass is 127. The van der Waals surface area contributed by atoms with Crippen LogP contribution in [-0.4, -0.2) is 37.9 Å². The molecule has 0 amide bonds. The highest BCUT2D eigenvalue weighted by Crippen LogP contribution is 2.23. The van der Waals surface area contributed by atoms with E-state index in [0.717, 1.165) is 5.56 Å². The zero-order valence-electron chi connectivity index (χ0n) is 14.9. The van der Waals surface area contributed by atoms with E-state index in [0.29, 0.717) is 6.54 Å². The molecule has 1 unspecified atom stereocenters. The lowest BCUT2D eigenvalue weighted by Gasteiger charge is -2.23. The van der Waals surface area contributed by atoms with Crippen LogP contribution in [-0.2, 0) is 6.54 Å². The molecule has 10 heteroatoms. The fourth-order valence-electron chi connectivity index (χ4n) is 2.25. The molecule has 1 atom stereocenters. The largest absolute Gasteiger partial charge is 0.573 e. The van der Waals surface area contributed by atoms with Crippen LogP contribution in [0.25, 0.3) is 0 Å². The summed E-state index contributed by atoms with van der Waals surface area (Å²) >= 11 is 1.67. The second-order valence-electron chi connectivity index (χ2n) is 5.77. The minimum Gasteiger partial charge on any atom is -0.406 e. The van der Waals surface area contributed by atoms with E-state index in [9.17, 15) is 13.2 Å². The van der Waals surface area contributed by atoms with Gasteiger partial charge in [-0.3, -0.25) is 0 Å². The molecule has 0 radical (unpaired) electrons. The van der Waals surface area contributed by atoms with Crippen LogP contribution in [0.4, 0.5) is 13.2 Å². The van der Waals surface area contributed by atoms with E-state index in [-0.39, 0.29) is 48.3 Å². The first-order chi connectivity index (χ1) is 12.2. The van der Waals surface area contributed by atoms with Crippen LogP contribution >= 0.6 is 35.3 Å². The van der Waals surface area contributed by atoms with Gasteiger partial charge in [0.2, 0.25) is 0 Å². The van der Waals surface area contributed by atoms with Crippen molar-refractivity contribution >= 4 is 41.3 Å². The van der Waals surface area contributed by atoms with Gasteiger partial charge in [0.1, 0.15) is 5.75 Å². The van der Waals surface area contributed by atoms with Crippen molar-refractivity contribution in [2.45, 2.75) is 18.9 Å². The Hall–Kier alpha value is -1.53. The average Bonchev–Trinajstić information content (AvgIpc) is 3.07. The Morgan fingerprint density at radius 1 is 1.26 bits per heavy atom. The maximum Gasteiger partial charge on any atom is 0.573 e. The minimum atomic E-state index is -4.69. The van der Waals surface area contributed by atoms with Gasteiger partial charge in [0.15, 0.2) is 5.96 Å². The van der Waals surface area contributed by atoms with Crippen LogP contribution in [0.15, 0.2) is 46.8 Å². The van der Waals surface area contributed by atoms with Crippen molar-refractivity contribution < 1.29 is 17.9 Å². The fourth-order valence-corrected chi connectivity index (χ4v) is 3.17. The van der Waals surface area contributed by atoms with Crippen molar-refractivity contribution in [2.75, 3.05) is 20.6 Å². The summed E-state index contributed by atoms with van der Waals surface area (Å²) in [5, 5.41) is 5.11. The topological polar surface area (TPSA) is 62.9 Å². The van der Waals surface area contributed by atoms with Crippen molar-refractivity contribution in [1.29, 1.82) is 0 Å². The third-order valence-electron chi connectivity index (χ3n) is 3.56. The fraction of sp³-hybridized carbons (Fsp3) is 0.353. The lowest BCUT2D eigenvalue weighted by Crippen LogP contribution is -2.38. The molecule has 1 aromatic heterocycles. The quantitative estimate of drug-likeness (QED) is 0.334. The number of benzene rings is 1. The molecule has 0 spiro atoms. The van der Waals surface area contributed by atoms with E-state index in [1.165, 1.54) is 29.1 Å². The maximum absolute atomic E-state index is 12.1. The van der Waals surface area contributed by atoms with Gasteiger partial charge < -0.3 is 20.7 Å². The number of likely N-dealkylation sites (N-methyl/N-ethyl adjacent to an activating group) is 1. The second-order valence-corrected chi connectivity index (χ2v) is 6.75. The van der Waals surface area contributed by atoms with Gasteiger partial charge in [-0.05, 0) is 43.2 Å². The van der Waals surface area contributed by atoms with E-state index in [1.54, 1.807) is 11.3 Å². The van der Waals surface area contributed by atoms with Crippen molar-refractivity contribution in [1.82, 2.24) is 10.2 Å². The molecule has 150 valence electrons. The predicted octanol–water partition coefficient (Wildman–Crippen LogP) is 3.97. The van der Waals surface area contributed by atoms with E-state index < -0.39 is 6.36 Å². The predicted molar refractivity (Wildman–Crippen MR) is 113 cm³/mol. The number of nitrogens with one attached hydrogen (secondary N) is 1. The van der Waals surface area contributed by atoms with E-state index in [1.807, 2.05) is 25.5 Å². The molecule has 0 saturated heterocycles. The standard InChI is InChI=1S/C17H21F3N4OS.HI/c1-24(2)14(15-4-3-9-26-15)11-23-16(21)22-10-12-5-7-13(8-6-12)25-17(18,19)20;/h3-9,14H,10-11H2,1-2H3,(H3,21,22,23);1H.